The van der Waals surface area contributed by atoms with E-state index in [4.69, 9.17) is 4.52 Å². The summed E-state index contributed by atoms with van der Waals surface area (Å²) < 4.78 is 5.34. The molecular weight excluding hydrogens is 258 g/mol. The van der Waals surface area contributed by atoms with E-state index in [1.807, 2.05) is 45.2 Å². The molecule has 4 heteroatoms. The summed E-state index contributed by atoms with van der Waals surface area (Å²) >= 11 is 1.66. The van der Waals surface area contributed by atoms with Crippen molar-refractivity contribution in [3.8, 4) is 11.3 Å². The Balaban J connectivity index is 2.62. The lowest BCUT2D eigenvalue weighted by Crippen LogP contribution is -1.99. The minimum atomic E-state index is 0.147. The quantitative estimate of drug-likeness (QED) is 0.617. The molecule has 0 unspecified atom stereocenters. The highest BCUT2D eigenvalue weighted by atomic mass is 32.2. The van der Waals surface area contributed by atoms with Crippen LogP contribution in [0.25, 0.3) is 11.3 Å². The van der Waals surface area contributed by atoms with Crippen molar-refractivity contribution in [2.24, 2.45) is 0 Å². The normalized spacial score (nSPS) is 10.7. The Morgan fingerprint density at radius 1 is 1.32 bits per heavy atom. The summed E-state index contributed by atoms with van der Waals surface area (Å²) in [6.45, 7) is 5.78. The second kappa shape index (κ2) is 5.61. The first kappa shape index (κ1) is 13.9. The number of ketones is 1. The maximum Gasteiger partial charge on any atom is 0.168 e. The summed E-state index contributed by atoms with van der Waals surface area (Å²) in [6.07, 6.45) is 2.53. The van der Waals surface area contributed by atoms with Crippen molar-refractivity contribution in [3.05, 3.63) is 35.0 Å². The number of rotatable bonds is 4. The summed E-state index contributed by atoms with van der Waals surface area (Å²) in [4.78, 5) is 13.0. The second-order valence-electron chi connectivity index (χ2n) is 4.48. The number of thioether (sulfide) groups is 1. The predicted octanol–water partition coefficient (Wildman–Crippen LogP) is 4.27. The molecule has 0 aliphatic rings. The molecule has 0 atom stereocenters. The lowest BCUT2D eigenvalue weighted by atomic mass is 10.0. The average Bonchev–Trinajstić information content (AvgIpc) is 2.83. The van der Waals surface area contributed by atoms with Gasteiger partial charge in [-0.2, -0.15) is 0 Å². The number of carbonyl (C=O) groups excluding carboxylic acids is 1. The zero-order valence-electron chi connectivity index (χ0n) is 11.6. The Bertz CT molecular complexity index is 617. The van der Waals surface area contributed by atoms with Gasteiger partial charge in [0.25, 0.3) is 0 Å². The predicted molar refractivity (Wildman–Crippen MR) is 77.8 cm³/mol. The van der Waals surface area contributed by atoms with Gasteiger partial charge in [-0.15, -0.1) is 11.8 Å². The number of benzene rings is 1. The van der Waals surface area contributed by atoms with Gasteiger partial charge in [0.2, 0.25) is 0 Å². The Kier molecular flexibility index (Phi) is 4.10. The molecule has 19 heavy (non-hydrogen) atoms. The van der Waals surface area contributed by atoms with Gasteiger partial charge in [-0.25, -0.2) is 0 Å². The van der Waals surface area contributed by atoms with Crippen LogP contribution in [-0.4, -0.2) is 17.2 Å². The molecular formula is C15H17NO2S. The van der Waals surface area contributed by atoms with Crippen molar-refractivity contribution in [1.82, 2.24) is 5.16 Å². The third kappa shape index (κ3) is 2.73. The number of carbonyl (C=O) groups is 1. The van der Waals surface area contributed by atoms with Crippen molar-refractivity contribution in [2.75, 3.05) is 6.26 Å². The van der Waals surface area contributed by atoms with Crippen LogP contribution in [0.5, 0.6) is 0 Å². The van der Waals surface area contributed by atoms with Gasteiger partial charge < -0.3 is 4.52 Å². The molecule has 0 aliphatic heterocycles. The Morgan fingerprint density at radius 3 is 2.58 bits per heavy atom. The molecule has 1 aromatic carbocycles. The van der Waals surface area contributed by atoms with Crippen LogP contribution in [0.15, 0.2) is 27.6 Å². The van der Waals surface area contributed by atoms with Crippen molar-refractivity contribution in [3.63, 3.8) is 0 Å². The van der Waals surface area contributed by atoms with E-state index in [0.717, 1.165) is 33.0 Å². The monoisotopic (exact) mass is 275 g/mol. The van der Waals surface area contributed by atoms with Gasteiger partial charge in [0.05, 0.1) is 5.69 Å². The minimum absolute atomic E-state index is 0.147. The molecule has 1 heterocycles. The van der Waals surface area contributed by atoms with Crippen LogP contribution in [0.2, 0.25) is 0 Å². The van der Waals surface area contributed by atoms with E-state index in [2.05, 4.69) is 5.16 Å². The van der Waals surface area contributed by atoms with Crippen LogP contribution in [0, 0.1) is 13.8 Å². The molecule has 0 spiro atoms. The number of aryl methyl sites for hydroxylation is 2. The van der Waals surface area contributed by atoms with Gasteiger partial charge in [0.1, 0.15) is 0 Å². The molecule has 1 aromatic heterocycles. The number of aromatic nitrogens is 1. The molecule has 0 aliphatic carbocycles. The highest BCUT2D eigenvalue weighted by Gasteiger charge is 2.15. The minimum Gasteiger partial charge on any atom is -0.356 e. The van der Waals surface area contributed by atoms with Gasteiger partial charge in [0.15, 0.2) is 11.5 Å². The van der Waals surface area contributed by atoms with Crippen molar-refractivity contribution in [1.29, 1.82) is 0 Å². The zero-order chi connectivity index (χ0) is 14.0. The van der Waals surface area contributed by atoms with E-state index in [1.165, 1.54) is 0 Å². The summed E-state index contributed by atoms with van der Waals surface area (Å²) in [5, 5.41) is 3.92. The first-order valence-electron chi connectivity index (χ1n) is 6.22. The molecule has 0 saturated carbocycles. The van der Waals surface area contributed by atoms with Crippen LogP contribution in [0.4, 0.5) is 0 Å². The van der Waals surface area contributed by atoms with Crippen molar-refractivity contribution < 1.29 is 9.32 Å². The number of Topliss-reactive ketones (excluding diaryl/α,β-unsaturated/α-hetero) is 1. The molecule has 0 radical (unpaired) electrons. The highest BCUT2D eigenvalue weighted by molar-refractivity contribution is 7.98. The van der Waals surface area contributed by atoms with Gasteiger partial charge >= 0.3 is 0 Å². The Labute approximate surface area is 117 Å². The van der Waals surface area contributed by atoms with Crippen LogP contribution >= 0.6 is 11.8 Å². The van der Waals surface area contributed by atoms with E-state index in [0.29, 0.717) is 6.42 Å². The van der Waals surface area contributed by atoms with Gasteiger partial charge in [0, 0.05) is 28.5 Å². The number of hydrogen-bond donors (Lipinski definition) is 0. The average molecular weight is 275 g/mol. The summed E-state index contributed by atoms with van der Waals surface area (Å²) in [6, 6.07) is 5.75. The molecule has 3 nitrogen and oxygen atoms in total. The van der Waals surface area contributed by atoms with Gasteiger partial charge in [-0.1, -0.05) is 12.1 Å². The number of nitrogens with zero attached hydrogens (tertiary/aromatic N) is 1. The third-order valence-electron chi connectivity index (χ3n) is 3.02. The molecule has 0 fully saturated rings. The zero-order valence-corrected chi connectivity index (χ0v) is 12.4. The number of hydrogen-bond acceptors (Lipinski definition) is 4. The van der Waals surface area contributed by atoms with E-state index < -0.39 is 0 Å². The van der Waals surface area contributed by atoms with Gasteiger partial charge in [-0.3, -0.25) is 4.79 Å². The van der Waals surface area contributed by atoms with Gasteiger partial charge in [-0.05, 0) is 37.8 Å². The van der Waals surface area contributed by atoms with Crippen LogP contribution < -0.4 is 0 Å². The third-order valence-corrected chi connectivity index (χ3v) is 3.97. The lowest BCUT2D eigenvalue weighted by molar-refractivity contribution is 0.0988. The van der Waals surface area contributed by atoms with E-state index in [-0.39, 0.29) is 5.78 Å². The first-order valence-corrected chi connectivity index (χ1v) is 7.44. The summed E-state index contributed by atoms with van der Waals surface area (Å²) in [5.74, 6) is 0.865. The van der Waals surface area contributed by atoms with E-state index >= 15 is 0 Å². The smallest absolute Gasteiger partial charge is 0.168 e. The first-order chi connectivity index (χ1) is 9.06. The van der Waals surface area contributed by atoms with E-state index in [9.17, 15) is 4.79 Å². The Hall–Kier alpha value is -1.55. The fourth-order valence-corrected chi connectivity index (χ4v) is 2.84. The highest BCUT2D eigenvalue weighted by Crippen LogP contribution is 2.34. The molecule has 100 valence electrons. The summed E-state index contributed by atoms with van der Waals surface area (Å²) in [7, 11) is 0. The lowest BCUT2D eigenvalue weighted by Gasteiger charge is -2.10. The van der Waals surface area contributed by atoms with Crippen LogP contribution in [0.3, 0.4) is 0 Å². The van der Waals surface area contributed by atoms with Crippen LogP contribution in [0.1, 0.15) is 35.0 Å². The maximum absolute atomic E-state index is 11.9. The van der Waals surface area contributed by atoms with Crippen molar-refractivity contribution >= 4 is 17.5 Å². The molecule has 0 saturated heterocycles. The molecule has 0 N–H and O–H groups in total. The Morgan fingerprint density at radius 2 is 2.05 bits per heavy atom. The molecule has 2 aromatic rings. The SMILES string of the molecule is CCC(=O)c1cc(C)c(SC)c(-c2cc(C)no2)c1. The second-order valence-corrected chi connectivity index (χ2v) is 5.30. The van der Waals surface area contributed by atoms with E-state index in [1.54, 1.807) is 11.8 Å². The fraction of sp³-hybridized carbons (Fsp3) is 0.333. The standard InChI is InChI=1S/C15H17NO2S/c1-5-13(17)11-6-9(2)15(19-4)12(8-11)14-7-10(3)16-18-14/h6-8H,5H2,1-4H3. The molecule has 0 bridgehead atoms. The van der Waals surface area contributed by atoms with Crippen molar-refractivity contribution in [2.45, 2.75) is 32.1 Å². The molecule has 0 amide bonds. The molecule has 2 rings (SSSR count). The largest absolute Gasteiger partial charge is 0.356 e. The maximum atomic E-state index is 11.9. The topological polar surface area (TPSA) is 43.1 Å². The van der Waals surface area contributed by atoms with Crippen LogP contribution in [-0.2, 0) is 0 Å². The summed E-state index contributed by atoms with van der Waals surface area (Å²) in [5.41, 5.74) is 3.62. The fourth-order valence-electron chi connectivity index (χ4n) is 2.08.